The van der Waals surface area contributed by atoms with Gasteiger partial charge >= 0.3 is 5.97 Å². The summed E-state index contributed by atoms with van der Waals surface area (Å²) in [5, 5.41) is 11.8. The summed E-state index contributed by atoms with van der Waals surface area (Å²) >= 11 is 0. The molecule has 3 nitrogen and oxygen atoms in total. The highest BCUT2D eigenvalue weighted by Gasteiger charge is 2.32. The molecule has 1 fully saturated rings. The standard InChI is InChI=1S/C19H21NO2/c21-19(22)13-5-7-18(8-6-13)20-11-16-9-14-3-1-2-4-15(14)10-17(16)12-20/h1-4,9-10,13,18H,5-8,11-12H2,(H,21,22). The van der Waals surface area contributed by atoms with Crippen LogP contribution in [0.1, 0.15) is 36.8 Å². The Balaban J connectivity index is 1.50. The Morgan fingerprint density at radius 2 is 1.50 bits per heavy atom. The van der Waals surface area contributed by atoms with Crippen molar-refractivity contribution in [3.8, 4) is 0 Å². The fraction of sp³-hybridized carbons (Fsp3) is 0.421. The molecule has 1 aliphatic heterocycles. The Labute approximate surface area is 130 Å². The quantitative estimate of drug-likeness (QED) is 0.916. The van der Waals surface area contributed by atoms with Crippen molar-refractivity contribution in [2.75, 3.05) is 0 Å². The minimum Gasteiger partial charge on any atom is -0.481 e. The van der Waals surface area contributed by atoms with Crippen LogP contribution in [0.25, 0.3) is 10.8 Å². The molecule has 2 aliphatic rings. The van der Waals surface area contributed by atoms with Gasteiger partial charge in [-0.25, -0.2) is 0 Å². The lowest BCUT2D eigenvalue weighted by atomic mass is 9.85. The first-order chi connectivity index (χ1) is 10.7. The van der Waals surface area contributed by atoms with Crippen LogP contribution in [0.4, 0.5) is 0 Å². The molecule has 4 rings (SSSR count). The maximum Gasteiger partial charge on any atom is 0.306 e. The van der Waals surface area contributed by atoms with E-state index in [0.29, 0.717) is 6.04 Å². The topological polar surface area (TPSA) is 40.5 Å². The third-order valence-corrected chi connectivity index (χ3v) is 5.38. The van der Waals surface area contributed by atoms with E-state index in [0.717, 1.165) is 38.8 Å². The third-order valence-electron chi connectivity index (χ3n) is 5.38. The number of hydrogen-bond acceptors (Lipinski definition) is 2. The van der Waals surface area contributed by atoms with Crippen LogP contribution in [0.3, 0.4) is 0 Å². The van der Waals surface area contributed by atoms with Crippen LogP contribution in [0, 0.1) is 5.92 Å². The number of hydrogen-bond donors (Lipinski definition) is 1. The van der Waals surface area contributed by atoms with E-state index in [-0.39, 0.29) is 5.92 Å². The Bertz CT molecular complexity index is 672. The number of fused-ring (bicyclic) bond motifs is 2. The third kappa shape index (κ3) is 2.40. The summed E-state index contributed by atoms with van der Waals surface area (Å²) in [6.45, 7) is 2.03. The average Bonchev–Trinajstić information content (AvgIpc) is 2.95. The van der Waals surface area contributed by atoms with E-state index in [9.17, 15) is 4.79 Å². The molecular weight excluding hydrogens is 274 g/mol. The largest absolute Gasteiger partial charge is 0.481 e. The molecule has 0 atom stereocenters. The van der Waals surface area contributed by atoms with Gasteiger partial charge in [-0.1, -0.05) is 24.3 Å². The van der Waals surface area contributed by atoms with Crippen molar-refractivity contribution in [3.63, 3.8) is 0 Å². The first-order valence-electron chi connectivity index (χ1n) is 8.18. The lowest BCUT2D eigenvalue weighted by Gasteiger charge is -2.33. The van der Waals surface area contributed by atoms with Crippen LogP contribution in [0.2, 0.25) is 0 Å². The van der Waals surface area contributed by atoms with Gasteiger partial charge < -0.3 is 5.11 Å². The molecule has 0 bridgehead atoms. The minimum atomic E-state index is -0.616. The smallest absolute Gasteiger partial charge is 0.306 e. The van der Waals surface area contributed by atoms with Gasteiger partial charge in [0.1, 0.15) is 0 Å². The van der Waals surface area contributed by atoms with Crippen LogP contribution in [-0.2, 0) is 17.9 Å². The van der Waals surface area contributed by atoms with Crippen LogP contribution in [0.5, 0.6) is 0 Å². The van der Waals surface area contributed by atoms with Crippen molar-refractivity contribution < 1.29 is 9.90 Å². The van der Waals surface area contributed by atoms with E-state index in [1.165, 1.54) is 21.9 Å². The molecule has 0 aromatic heterocycles. The summed E-state index contributed by atoms with van der Waals surface area (Å²) in [6.07, 6.45) is 3.69. The number of aliphatic carboxylic acids is 1. The average molecular weight is 295 g/mol. The van der Waals surface area contributed by atoms with Crippen molar-refractivity contribution in [3.05, 3.63) is 47.5 Å². The highest BCUT2D eigenvalue weighted by atomic mass is 16.4. The van der Waals surface area contributed by atoms with E-state index >= 15 is 0 Å². The molecule has 0 saturated heterocycles. The van der Waals surface area contributed by atoms with Crippen molar-refractivity contribution in [2.24, 2.45) is 5.92 Å². The highest BCUT2D eigenvalue weighted by Crippen LogP contribution is 2.34. The van der Waals surface area contributed by atoms with Crippen LogP contribution in [-0.4, -0.2) is 22.0 Å². The van der Waals surface area contributed by atoms with Gasteiger partial charge in [0.15, 0.2) is 0 Å². The molecule has 2 aromatic carbocycles. The van der Waals surface area contributed by atoms with Crippen molar-refractivity contribution in [2.45, 2.75) is 44.8 Å². The van der Waals surface area contributed by atoms with E-state index < -0.39 is 5.97 Å². The van der Waals surface area contributed by atoms with E-state index in [1.54, 1.807) is 0 Å². The lowest BCUT2D eigenvalue weighted by molar-refractivity contribution is -0.143. The Morgan fingerprint density at radius 3 is 2.00 bits per heavy atom. The van der Waals surface area contributed by atoms with Gasteiger partial charge in [0.05, 0.1) is 5.92 Å². The maximum atomic E-state index is 11.1. The molecule has 1 heterocycles. The summed E-state index contributed by atoms with van der Waals surface area (Å²) in [7, 11) is 0. The molecule has 0 amide bonds. The number of carboxylic acid groups (broad SMARTS) is 1. The number of benzene rings is 2. The van der Waals surface area contributed by atoms with Crippen LogP contribution in [0.15, 0.2) is 36.4 Å². The molecule has 1 saturated carbocycles. The zero-order chi connectivity index (χ0) is 15.1. The van der Waals surface area contributed by atoms with E-state index in [1.807, 2.05) is 0 Å². The van der Waals surface area contributed by atoms with Gasteiger partial charge in [0.2, 0.25) is 0 Å². The van der Waals surface area contributed by atoms with Crippen LogP contribution < -0.4 is 0 Å². The Hall–Kier alpha value is -1.87. The van der Waals surface area contributed by atoms with Gasteiger partial charge in [-0.05, 0) is 59.7 Å². The second-order valence-electron chi connectivity index (χ2n) is 6.72. The first-order valence-corrected chi connectivity index (χ1v) is 8.18. The lowest BCUT2D eigenvalue weighted by Crippen LogP contribution is -2.35. The van der Waals surface area contributed by atoms with Crippen molar-refractivity contribution >= 4 is 16.7 Å². The molecule has 2 aromatic rings. The van der Waals surface area contributed by atoms with Gasteiger partial charge in [-0.2, -0.15) is 0 Å². The zero-order valence-corrected chi connectivity index (χ0v) is 12.7. The van der Waals surface area contributed by atoms with Gasteiger partial charge in [0, 0.05) is 19.1 Å². The fourth-order valence-electron chi connectivity index (χ4n) is 4.07. The summed E-state index contributed by atoms with van der Waals surface area (Å²) < 4.78 is 0. The number of carbonyl (C=O) groups is 1. The summed E-state index contributed by atoms with van der Waals surface area (Å²) in [5.74, 6) is -0.738. The van der Waals surface area contributed by atoms with Gasteiger partial charge in [0.25, 0.3) is 0 Å². The van der Waals surface area contributed by atoms with Crippen LogP contribution >= 0.6 is 0 Å². The highest BCUT2D eigenvalue weighted by molar-refractivity contribution is 5.84. The molecule has 0 radical (unpaired) electrons. The number of nitrogens with zero attached hydrogens (tertiary/aromatic N) is 1. The number of carboxylic acids is 1. The first kappa shape index (κ1) is 13.8. The molecule has 114 valence electrons. The van der Waals surface area contributed by atoms with Gasteiger partial charge in [-0.3, -0.25) is 9.69 Å². The predicted octanol–water partition coefficient (Wildman–Crippen LogP) is 3.80. The maximum absolute atomic E-state index is 11.1. The monoisotopic (exact) mass is 295 g/mol. The fourth-order valence-corrected chi connectivity index (χ4v) is 4.07. The molecule has 22 heavy (non-hydrogen) atoms. The van der Waals surface area contributed by atoms with E-state index in [2.05, 4.69) is 41.3 Å². The summed E-state index contributed by atoms with van der Waals surface area (Å²) in [6, 6.07) is 13.7. The summed E-state index contributed by atoms with van der Waals surface area (Å²) in [5.41, 5.74) is 2.89. The zero-order valence-electron chi connectivity index (χ0n) is 12.7. The Morgan fingerprint density at radius 1 is 0.955 bits per heavy atom. The summed E-state index contributed by atoms with van der Waals surface area (Å²) in [4.78, 5) is 13.6. The SMILES string of the molecule is O=C(O)C1CCC(N2Cc3cc4ccccc4cc3C2)CC1. The Kier molecular flexibility index (Phi) is 3.38. The normalized spacial score (nSPS) is 25.3. The molecule has 0 unspecified atom stereocenters. The van der Waals surface area contributed by atoms with E-state index in [4.69, 9.17) is 5.11 Å². The predicted molar refractivity (Wildman–Crippen MR) is 86.6 cm³/mol. The van der Waals surface area contributed by atoms with Crippen molar-refractivity contribution in [1.82, 2.24) is 4.90 Å². The molecule has 1 N–H and O–H groups in total. The second kappa shape index (κ2) is 5.40. The molecule has 1 aliphatic carbocycles. The molecule has 0 spiro atoms. The minimum absolute atomic E-state index is 0.121. The number of rotatable bonds is 2. The van der Waals surface area contributed by atoms with Gasteiger partial charge in [-0.15, -0.1) is 0 Å². The second-order valence-corrected chi connectivity index (χ2v) is 6.72. The van der Waals surface area contributed by atoms with Crippen molar-refractivity contribution in [1.29, 1.82) is 0 Å². The molecule has 3 heteroatoms. The molecular formula is C19H21NO2.